The van der Waals surface area contributed by atoms with Crippen molar-refractivity contribution >= 4 is 6.08 Å². The van der Waals surface area contributed by atoms with E-state index >= 15 is 0 Å². The van der Waals surface area contributed by atoms with Crippen LogP contribution in [0.25, 0.3) is 6.08 Å². The monoisotopic (exact) mass is 369 g/mol. The Kier molecular flexibility index (Phi) is 5.02. The van der Waals surface area contributed by atoms with Gasteiger partial charge in [0.25, 0.3) is 0 Å². The Bertz CT molecular complexity index is 933. The van der Waals surface area contributed by atoms with Gasteiger partial charge in [-0.15, -0.1) is 0 Å². The number of fused-ring (bicyclic) bond motifs is 2. The molecule has 0 radical (unpaired) electrons. The summed E-state index contributed by atoms with van der Waals surface area (Å²) in [6.45, 7) is 13.3. The van der Waals surface area contributed by atoms with E-state index in [2.05, 4.69) is 80.9 Å². The molecule has 1 nitrogen and oxygen atoms in total. The summed E-state index contributed by atoms with van der Waals surface area (Å²) in [6.07, 6.45) is 20.3. The lowest BCUT2D eigenvalue weighted by molar-refractivity contribution is 0.190. The van der Waals surface area contributed by atoms with Crippen LogP contribution in [0.5, 0.6) is 0 Å². The average Bonchev–Trinajstić information content (AvgIpc) is 3.14. The van der Waals surface area contributed by atoms with Crippen LogP contribution in [0.4, 0.5) is 0 Å². The molecule has 1 heteroatoms. The van der Waals surface area contributed by atoms with E-state index in [9.17, 15) is 0 Å². The predicted molar refractivity (Wildman–Crippen MR) is 121 cm³/mol. The van der Waals surface area contributed by atoms with Crippen LogP contribution in [-0.2, 0) is 19.3 Å². The Morgan fingerprint density at radius 3 is 2.86 bits per heavy atom. The molecule has 1 atom stereocenters. The van der Waals surface area contributed by atoms with Crippen LogP contribution in [0.1, 0.15) is 48.9 Å². The highest BCUT2D eigenvalue weighted by Gasteiger charge is 2.35. The molecule has 0 bridgehead atoms. The van der Waals surface area contributed by atoms with Gasteiger partial charge in [0.15, 0.2) is 0 Å². The van der Waals surface area contributed by atoms with Gasteiger partial charge in [-0.25, -0.2) is 0 Å². The van der Waals surface area contributed by atoms with Crippen LogP contribution in [-0.4, -0.2) is 0 Å². The summed E-state index contributed by atoms with van der Waals surface area (Å²) >= 11 is 0. The molecule has 1 aromatic rings. The molecule has 0 spiro atoms. The summed E-state index contributed by atoms with van der Waals surface area (Å²) in [5.74, 6) is 0.598. The Morgan fingerprint density at radius 2 is 2.07 bits per heavy atom. The van der Waals surface area contributed by atoms with Crippen molar-refractivity contribution in [1.29, 1.82) is 0 Å². The molecular formula is C27H31N. The second-order valence-electron chi connectivity index (χ2n) is 9.21. The van der Waals surface area contributed by atoms with Crippen LogP contribution in [0.3, 0.4) is 0 Å². The molecule has 28 heavy (non-hydrogen) atoms. The van der Waals surface area contributed by atoms with E-state index in [1.165, 1.54) is 33.4 Å². The maximum atomic E-state index is 4.29. The first-order valence-electron chi connectivity index (χ1n) is 10.4. The number of rotatable bonds is 5. The van der Waals surface area contributed by atoms with Gasteiger partial charge in [0, 0.05) is 11.9 Å². The molecule has 4 rings (SSSR count). The molecule has 1 unspecified atom stereocenters. The summed E-state index contributed by atoms with van der Waals surface area (Å²) in [4.78, 5) is 0. The topological polar surface area (TPSA) is 12.0 Å². The summed E-state index contributed by atoms with van der Waals surface area (Å²) in [5, 5.41) is 3.41. The minimum atomic E-state index is 0.273. The lowest BCUT2D eigenvalue weighted by Crippen LogP contribution is -2.34. The molecule has 1 aromatic carbocycles. The highest BCUT2D eigenvalue weighted by molar-refractivity contribution is 5.63. The molecule has 0 saturated heterocycles. The van der Waals surface area contributed by atoms with Crippen molar-refractivity contribution in [1.82, 2.24) is 5.32 Å². The van der Waals surface area contributed by atoms with E-state index in [1.54, 1.807) is 0 Å². The maximum absolute atomic E-state index is 4.29. The number of hydrogen-bond acceptors (Lipinski definition) is 1. The average molecular weight is 370 g/mol. The Hall–Kier alpha value is -2.54. The number of hydrogen-bond donors (Lipinski definition) is 1. The van der Waals surface area contributed by atoms with E-state index in [4.69, 9.17) is 0 Å². The van der Waals surface area contributed by atoms with E-state index in [0.717, 1.165) is 37.8 Å². The highest BCUT2D eigenvalue weighted by atomic mass is 14.8. The molecule has 0 aromatic heterocycles. The molecule has 0 heterocycles. The third-order valence-corrected chi connectivity index (χ3v) is 6.47. The Balaban J connectivity index is 1.45. The zero-order chi connectivity index (χ0) is 19.7. The first kappa shape index (κ1) is 18.8. The van der Waals surface area contributed by atoms with Gasteiger partial charge < -0.3 is 5.32 Å². The van der Waals surface area contributed by atoms with Gasteiger partial charge in [0.2, 0.25) is 0 Å². The molecule has 1 N–H and O–H groups in total. The largest absolute Gasteiger partial charge is 0.365 e. The van der Waals surface area contributed by atoms with E-state index in [0.29, 0.717) is 5.92 Å². The van der Waals surface area contributed by atoms with Gasteiger partial charge in [-0.05, 0) is 77.3 Å². The number of allylic oxidation sites excluding steroid dienone is 8. The van der Waals surface area contributed by atoms with Gasteiger partial charge in [-0.2, -0.15) is 0 Å². The van der Waals surface area contributed by atoms with Crippen molar-refractivity contribution in [2.75, 3.05) is 0 Å². The molecule has 0 amide bonds. The first-order valence-corrected chi connectivity index (χ1v) is 10.4. The fraction of sp³-hybridized carbons (Fsp3) is 0.333. The van der Waals surface area contributed by atoms with Crippen molar-refractivity contribution < 1.29 is 0 Å². The van der Waals surface area contributed by atoms with Crippen LogP contribution >= 0.6 is 0 Å². The predicted octanol–water partition coefficient (Wildman–Crippen LogP) is 6.45. The summed E-state index contributed by atoms with van der Waals surface area (Å²) in [5.41, 5.74) is 9.80. The second kappa shape index (κ2) is 7.47. The molecule has 144 valence electrons. The Morgan fingerprint density at radius 1 is 1.21 bits per heavy atom. The van der Waals surface area contributed by atoms with E-state index in [-0.39, 0.29) is 5.41 Å². The summed E-state index contributed by atoms with van der Waals surface area (Å²) < 4.78 is 0. The SMILES string of the molecule is C=C1C=Cc2cc3c(cc2C1)CC(C)(C)C(CC(=C)N/C=C/C1=CC=CC1)C3. The quantitative estimate of drug-likeness (QED) is 0.629. The number of benzene rings is 1. The molecule has 0 saturated carbocycles. The fourth-order valence-electron chi connectivity index (χ4n) is 4.67. The van der Waals surface area contributed by atoms with Gasteiger partial charge in [-0.1, -0.05) is 75.1 Å². The zero-order valence-electron chi connectivity index (χ0n) is 17.2. The van der Waals surface area contributed by atoms with Crippen molar-refractivity contribution in [2.45, 2.75) is 46.0 Å². The standard InChI is InChI=1S/C27H31N/c1-19-9-10-22-15-24-17-26(27(3,4)18-25(24)16-23(22)13-19)14-20(2)28-12-11-21-7-5-6-8-21/h5-7,9-12,15-16,26,28H,1-2,8,13-14,17-18H2,3-4H3/b12-11+. The molecule has 3 aliphatic rings. The molecule has 0 fully saturated rings. The van der Waals surface area contributed by atoms with E-state index in [1.807, 2.05) is 6.20 Å². The molecule has 3 aliphatic carbocycles. The normalized spacial score (nSPS) is 22.1. The minimum Gasteiger partial charge on any atom is -0.365 e. The fourth-order valence-corrected chi connectivity index (χ4v) is 4.67. The lowest BCUT2D eigenvalue weighted by atomic mass is 9.64. The van der Waals surface area contributed by atoms with E-state index < -0.39 is 0 Å². The zero-order valence-corrected chi connectivity index (χ0v) is 17.2. The Labute approximate surface area is 169 Å². The summed E-state index contributed by atoms with van der Waals surface area (Å²) in [7, 11) is 0. The van der Waals surface area contributed by atoms with Crippen molar-refractivity contribution in [3.8, 4) is 0 Å². The maximum Gasteiger partial charge on any atom is 0.00764 e. The first-order chi connectivity index (χ1) is 13.4. The van der Waals surface area contributed by atoms with Gasteiger partial charge in [0.1, 0.15) is 0 Å². The molecule has 0 aliphatic heterocycles. The van der Waals surface area contributed by atoms with Crippen LogP contribution in [0.2, 0.25) is 0 Å². The second-order valence-corrected chi connectivity index (χ2v) is 9.21. The van der Waals surface area contributed by atoms with Crippen LogP contribution in [0.15, 0.2) is 78.7 Å². The van der Waals surface area contributed by atoms with Crippen molar-refractivity contribution in [3.63, 3.8) is 0 Å². The van der Waals surface area contributed by atoms with Crippen LogP contribution < -0.4 is 5.32 Å². The van der Waals surface area contributed by atoms with Gasteiger partial charge in [0.05, 0.1) is 0 Å². The minimum absolute atomic E-state index is 0.273. The van der Waals surface area contributed by atoms with Crippen molar-refractivity contribution in [2.24, 2.45) is 11.3 Å². The highest BCUT2D eigenvalue weighted by Crippen LogP contribution is 2.43. The smallest absolute Gasteiger partial charge is 0.00764 e. The van der Waals surface area contributed by atoms with Gasteiger partial charge in [-0.3, -0.25) is 0 Å². The van der Waals surface area contributed by atoms with Crippen LogP contribution in [0, 0.1) is 11.3 Å². The van der Waals surface area contributed by atoms with Crippen molar-refractivity contribution in [3.05, 3.63) is 101 Å². The third-order valence-electron chi connectivity index (χ3n) is 6.47. The van der Waals surface area contributed by atoms with Gasteiger partial charge >= 0.3 is 0 Å². The number of nitrogens with one attached hydrogen (secondary N) is 1. The lowest BCUT2D eigenvalue weighted by Gasteiger charge is -2.41. The molecular weight excluding hydrogens is 338 g/mol. The summed E-state index contributed by atoms with van der Waals surface area (Å²) in [6, 6.07) is 4.86. The third kappa shape index (κ3) is 3.99.